The molecule has 6 bridgehead atoms. The zero-order chi connectivity index (χ0) is 47.1. The second-order valence-corrected chi connectivity index (χ2v) is 20.5. The van der Waals surface area contributed by atoms with Crippen LogP contribution in [0.4, 0.5) is 0 Å². The number of hydrogen-bond donors (Lipinski definition) is 3. The van der Waals surface area contributed by atoms with Crippen molar-refractivity contribution < 1.29 is 28.7 Å². The lowest BCUT2D eigenvalue weighted by Crippen LogP contribution is -2.61. The molecule has 0 radical (unpaired) electrons. The van der Waals surface area contributed by atoms with Crippen LogP contribution in [-0.2, 0) is 48.0 Å². The van der Waals surface area contributed by atoms with Crippen molar-refractivity contribution in [3.8, 4) is 22.4 Å². The van der Waals surface area contributed by atoms with E-state index in [0.717, 1.165) is 76.0 Å². The molecule has 66 heavy (non-hydrogen) atoms. The molecule has 3 amide bonds. The van der Waals surface area contributed by atoms with Crippen molar-refractivity contribution in [2.75, 3.05) is 33.4 Å². The van der Waals surface area contributed by atoms with E-state index in [-0.39, 0.29) is 48.2 Å². The van der Waals surface area contributed by atoms with E-state index in [0.29, 0.717) is 44.7 Å². The number of nitrogens with one attached hydrogen (secondary N) is 2. The zero-order valence-corrected chi connectivity index (χ0v) is 39.9. The number of benzene rings is 2. The SMILES string of the molecule is C=CC(=O)N1CC2CC2(CC[C@@H](N)[C@H](C(=O)N[C@H]2Cc3cccc(c3)-c3ccc4c(c3)c(c(-c3cccnc3[C@H](C)OC)n4CC)CC(C)(C)COC(=O)[C@@H]3CCCN(N3)C2=O)C(C)C)C1. The number of aryl methyl sites for hydroxylation is 1. The molecular weight excluding hydrogens is 831 g/mol. The highest BCUT2D eigenvalue weighted by molar-refractivity contribution is 5.95. The van der Waals surface area contributed by atoms with Gasteiger partial charge in [-0.05, 0) is 122 Å². The van der Waals surface area contributed by atoms with E-state index in [4.69, 9.17) is 20.2 Å². The lowest BCUT2D eigenvalue weighted by molar-refractivity contribution is -0.155. The van der Waals surface area contributed by atoms with Gasteiger partial charge in [0.15, 0.2) is 0 Å². The molecule has 0 spiro atoms. The van der Waals surface area contributed by atoms with Gasteiger partial charge in [0.1, 0.15) is 12.1 Å². The number of carbonyl (C=O) groups is 4. The minimum atomic E-state index is -0.945. The molecule has 4 aliphatic rings. The predicted octanol–water partition coefficient (Wildman–Crippen LogP) is 7.16. The van der Waals surface area contributed by atoms with Gasteiger partial charge < -0.3 is 30.0 Å². The second kappa shape index (κ2) is 19.1. The van der Waals surface area contributed by atoms with E-state index < -0.39 is 35.4 Å². The van der Waals surface area contributed by atoms with Crippen LogP contribution in [0.2, 0.25) is 0 Å². The van der Waals surface area contributed by atoms with Crippen molar-refractivity contribution in [3.63, 3.8) is 0 Å². The third kappa shape index (κ3) is 9.44. The van der Waals surface area contributed by atoms with Gasteiger partial charge in [-0.1, -0.05) is 64.6 Å². The summed E-state index contributed by atoms with van der Waals surface area (Å²) >= 11 is 0. The highest BCUT2D eigenvalue weighted by atomic mass is 16.5. The fourth-order valence-corrected chi connectivity index (χ4v) is 11.2. The van der Waals surface area contributed by atoms with Gasteiger partial charge in [-0.15, -0.1) is 0 Å². The summed E-state index contributed by atoms with van der Waals surface area (Å²) in [5.41, 5.74) is 17.7. The number of amides is 3. The van der Waals surface area contributed by atoms with Gasteiger partial charge in [0.05, 0.1) is 30.0 Å². The Balaban J connectivity index is 1.15. The van der Waals surface area contributed by atoms with E-state index in [1.54, 1.807) is 7.11 Å². The van der Waals surface area contributed by atoms with Crippen LogP contribution in [0.5, 0.6) is 0 Å². The maximum absolute atomic E-state index is 14.7. The number of rotatable bonds is 12. The van der Waals surface area contributed by atoms with E-state index in [2.05, 4.69) is 79.1 Å². The standard InChI is InChI=1S/C53H69N7O6/c1-9-45(61)58-29-37-27-53(37,30-58)21-20-41(54)46(32(3)4)49(62)56-43-25-34-14-11-15-35(24-34)36-18-19-44-39(26-36)40(48(59(44)10-2)38-16-12-22-55-47(38)33(5)65-8)28-52(6,7)31-66-51(64)42-17-13-23-60(57-42)50(43)63/h9,11-12,14-16,18-19,22,24,26,32-33,37,41-43,46,57H,1,10,13,17,20-21,23,25,27-31,54H2,2-8H3,(H,56,62)/t33-,37?,41+,42-,43-,46+,53?/m0/s1. The van der Waals surface area contributed by atoms with Gasteiger partial charge in [-0.3, -0.25) is 29.2 Å². The molecule has 1 aliphatic carbocycles. The fraction of sp³-hybridized carbons (Fsp3) is 0.528. The molecule has 4 aromatic rings. The maximum Gasteiger partial charge on any atom is 0.324 e. The number of fused-ring (bicyclic) bond motifs is 7. The zero-order valence-electron chi connectivity index (χ0n) is 39.9. The lowest BCUT2D eigenvalue weighted by Gasteiger charge is -2.36. The van der Waals surface area contributed by atoms with Crippen LogP contribution >= 0.6 is 0 Å². The van der Waals surface area contributed by atoms with Crippen LogP contribution in [0.3, 0.4) is 0 Å². The van der Waals surface area contributed by atoms with Crippen molar-refractivity contribution in [2.24, 2.45) is 34.3 Å². The summed E-state index contributed by atoms with van der Waals surface area (Å²) in [6.45, 7) is 18.8. The summed E-state index contributed by atoms with van der Waals surface area (Å²) < 4.78 is 14.3. The average Bonchev–Trinajstić information content (AvgIpc) is 3.72. The summed E-state index contributed by atoms with van der Waals surface area (Å²) in [6.07, 6.45) is 7.39. The van der Waals surface area contributed by atoms with Crippen LogP contribution in [0.1, 0.15) is 96.6 Å². The molecule has 4 N–H and O–H groups in total. The summed E-state index contributed by atoms with van der Waals surface area (Å²) in [7, 11) is 1.70. The number of methoxy groups -OCH3 is 1. The minimum Gasteiger partial charge on any atom is -0.464 e. The Morgan fingerprint density at radius 1 is 1.11 bits per heavy atom. The summed E-state index contributed by atoms with van der Waals surface area (Å²) in [5, 5.41) is 5.78. The normalized spacial score (nSPS) is 24.3. The van der Waals surface area contributed by atoms with Gasteiger partial charge >= 0.3 is 5.97 Å². The molecule has 7 atom stereocenters. The molecule has 2 saturated heterocycles. The molecular formula is C53H69N7O6. The first-order valence-electron chi connectivity index (χ1n) is 24.0. The molecule has 13 nitrogen and oxygen atoms in total. The van der Waals surface area contributed by atoms with E-state index >= 15 is 0 Å². The first kappa shape index (κ1) is 47.1. The second-order valence-electron chi connectivity index (χ2n) is 20.5. The number of cyclic esters (lactones) is 1. The molecule has 2 aromatic carbocycles. The Morgan fingerprint density at radius 2 is 1.89 bits per heavy atom. The van der Waals surface area contributed by atoms with Crippen LogP contribution in [0.15, 0.2) is 73.4 Å². The number of piperidine rings is 1. The number of hydrogen-bond acceptors (Lipinski definition) is 9. The topological polar surface area (TPSA) is 161 Å². The Labute approximate surface area is 389 Å². The molecule has 8 rings (SSSR count). The van der Waals surface area contributed by atoms with Crippen molar-refractivity contribution in [1.82, 2.24) is 30.2 Å². The van der Waals surface area contributed by atoms with Crippen molar-refractivity contribution >= 4 is 34.6 Å². The van der Waals surface area contributed by atoms with Crippen LogP contribution < -0.4 is 16.5 Å². The van der Waals surface area contributed by atoms with E-state index in [9.17, 15) is 19.2 Å². The van der Waals surface area contributed by atoms with Crippen molar-refractivity contribution in [2.45, 2.75) is 117 Å². The van der Waals surface area contributed by atoms with Crippen molar-refractivity contribution in [1.29, 1.82) is 0 Å². The Kier molecular flexibility index (Phi) is 13.6. The number of esters is 1. The number of hydrazine groups is 1. The number of likely N-dealkylation sites (tertiary alicyclic amines) is 1. The molecule has 2 unspecified atom stereocenters. The van der Waals surface area contributed by atoms with Crippen molar-refractivity contribution in [3.05, 3.63) is 90.3 Å². The first-order valence-corrected chi connectivity index (χ1v) is 24.0. The monoisotopic (exact) mass is 900 g/mol. The minimum absolute atomic E-state index is 0.0415. The fourth-order valence-electron chi connectivity index (χ4n) is 11.2. The largest absolute Gasteiger partial charge is 0.464 e. The van der Waals surface area contributed by atoms with E-state index in [1.807, 2.05) is 50.1 Å². The third-order valence-electron chi connectivity index (χ3n) is 14.9. The van der Waals surface area contributed by atoms with Crippen LogP contribution in [0.25, 0.3) is 33.3 Å². The van der Waals surface area contributed by atoms with Crippen LogP contribution in [-0.4, -0.2) is 94.6 Å². The molecule has 3 fully saturated rings. The predicted molar refractivity (Wildman–Crippen MR) is 257 cm³/mol. The molecule has 2 aromatic heterocycles. The molecule has 3 aliphatic heterocycles. The number of ether oxygens (including phenoxy) is 2. The Bertz CT molecular complexity index is 2500. The molecule has 1 saturated carbocycles. The van der Waals surface area contributed by atoms with Gasteiger partial charge in [-0.25, -0.2) is 5.43 Å². The number of aromatic nitrogens is 2. The summed E-state index contributed by atoms with van der Waals surface area (Å²) in [5.74, 6) is -1.25. The van der Waals surface area contributed by atoms with Gasteiger partial charge in [0.2, 0.25) is 11.8 Å². The summed E-state index contributed by atoms with van der Waals surface area (Å²) in [4.78, 5) is 62.3. The Morgan fingerprint density at radius 3 is 2.64 bits per heavy atom. The quantitative estimate of drug-likeness (QED) is 0.0991. The Hall–Kier alpha value is -5.37. The molecule has 352 valence electrons. The smallest absolute Gasteiger partial charge is 0.324 e. The number of nitrogens with two attached hydrogens (primary N) is 1. The molecule has 5 heterocycles. The highest BCUT2D eigenvalue weighted by Gasteiger charge is 2.60. The van der Waals surface area contributed by atoms with Gasteiger partial charge in [-0.2, -0.15) is 0 Å². The van der Waals surface area contributed by atoms with E-state index in [1.165, 1.54) is 11.1 Å². The number of pyridine rings is 1. The average molecular weight is 900 g/mol. The lowest BCUT2D eigenvalue weighted by atomic mass is 9.83. The van der Waals surface area contributed by atoms with Gasteiger partial charge in [0, 0.05) is 73.8 Å². The first-order chi connectivity index (χ1) is 31.6. The summed E-state index contributed by atoms with van der Waals surface area (Å²) in [6, 6.07) is 16.7. The molecule has 13 heteroatoms. The van der Waals surface area contributed by atoms with Crippen LogP contribution in [0, 0.1) is 28.6 Å². The van der Waals surface area contributed by atoms with Gasteiger partial charge in [0.25, 0.3) is 5.91 Å². The highest BCUT2D eigenvalue weighted by Crippen LogP contribution is 2.61. The third-order valence-corrected chi connectivity index (χ3v) is 14.9. The maximum atomic E-state index is 14.7. The number of carbonyl (C=O) groups excluding carboxylic acids is 4. The number of nitrogens with zero attached hydrogens (tertiary/aromatic N) is 4.